The molecular formula is C17H22N6O3S3. The van der Waals surface area contributed by atoms with E-state index < -0.39 is 10.0 Å². The quantitative estimate of drug-likeness (QED) is 0.540. The van der Waals surface area contributed by atoms with Crippen molar-refractivity contribution in [2.75, 3.05) is 32.0 Å². The van der Waals surface area contributed by atoms with Crippen LogP contribution >= 0.6 is 23.1 Å². The number of thioether (sulfide) groups is 1. The summed E-state index contributed by atoms with van der Waals surface area (Å²) in [6.07, 6.45) is 0.947. The molecule has 1 fully saturated rings. The number of ether oxygens (including phenoxy) is 1. The highest BCUT2D eigenvalue weighted by atomic mass is 32.2. The predicted octanol–water partition coefficient (Wildman–Crippen LogP) is 2.19. The van der Waals surface area contributed by atoms with Crippen LogP contribution in [0.25, 0.3) is 11.0 Å². The molecule has 0 bridgehead atoms. The van der Waals surface area contributed by atoms with E-state index >= 15 is 0 Å². The standard InChI is InChI=1S/C17H22N6O3S3/c1-2-5-23-14-4-3-12(29(24,25)22-6-8-26-9-7-22)10-13(14)19-15(23)11-27-17-21-20-16(18)28-17/h3-4,10H,2,5-9,11H2,1H3,(H2,18,20). The molecule has 1 aromatic carbocycles. The number of nitrogens with zero attached hydrogens (tertiary/aromatic N) is 5. The molecular weight excluding hydrogens is 432 g/mol. The Kier molecular flexibility index (Phi) is 6.06. The third kappa shape index (κ3) is 4.26. The summed E-state index contributed by atoms with van der Waals surface area (Å²) >= 11 is 2.86. The highest BCUT2D eigenvalue weighted by molar-refractivity contribution is 8.00. The fraction of sp³-hybridized carbons (Fsp3) is 0.471. The molecule has 29 heavy (non-hydrogen) atoms. The molecule has 4 rings (SSSR count). The van der Waals surface area contributed by atoms with E-state index in [9.17, 15) is 8.42 Å². The number of sulfonamides is 1. The van der Waals surface area contributed by atoms with Gasteiger partial charge in [-0.15, -0.1) is 10.2 Å². The molecule has 2 N–H and O–H groups in total. The molecule has 1 aliphatic heterocycles. The van der Waals surface area contributed by atoms with E-state index in [4.69, 9.17) is 15.5 Å². The van der Waals surface area contributed by atoms with Gasteiger partial charge in [0.15, 0.2) is 4.34 Å². The summed E-state index contributed by atoms with van der Waals surface area (Å²) in [5.74, 6) is 1.48. The first-order chi connectivity index (χ1) is 14.0. The van der Waals surface area contributed by atoms with Gasteiger partial charge in [-0.3, -0.25) is 0 Å². The van der Waals surface area contributed by atoms with Crippen molar-refractivity contribution < 1.29 is 13.2 Å². The Balaban J connectivity index is 1.65. The van der Waals surface area contributed by atoms with E-state index in [1.165, 1.54) is 27.4 Å². The molecule has 9 nitrogen and oxygen atoms in total. The van der Waals surface area contributed by atoms with Gasteiger partial charge in [0.25, 0.3) is 0 Å². The van der Waals surface area contributed by atoms with Crippen molar-refractivity contribution in [2.45, 2.75) is 34.9 Å². The number of anilines is 1. The van der Waals surface area contributed by atoms with E-state index in [0.29, 0.717) is 42.7 Å². The smallest absolute Gasteiger partial charge is 0.243 e. The van der Waals surface area contributed by atoms with Crippen molar-refractivity contribution in [1.82, 2.24) is 24.1 Å². The average Bonchev–Trinajstić information content (AvgIpc) is 3.30. The minimum atomic E-state index is -3.55. The largest absolute Gasteiger partial charge is 0.379 e. The molecule has 0 amide bonds. The molecule has 1 aliphatic rings. The average molecular weight is 455 g/mol. The van der Waals surface area contributed by atoms with Crippen LogP contribution in [0.15, 0.2) is 27.4 Å². The first-order valence-electron chi connectivity index (χ1n) is 9.28. The topological polar surface area (TPSA) is 116 Å². The molecule has 3 aromatic rings. The molecule has 0 atom stereocenters. The van der Waals surface area contributed by atoms with Gasteiger partial charge in [-0.05, 0) is 24.6 Å². The Labute approximate surface area is 177 Å². The summed E-state index contributed by atoms with van der Waals surface area (Å²) in [5.41, 5.74) is 7.26. The maximum absolute atomic E-state index is 13.0. The number of aromatic nitrogens is 4. The van der Waals surface area contributed by atoms with Gasteiger partial charge in [0.1, 0.15) is 5.82 Å². The Morgan fingerprint density at radius 2 is 2.07 bits per heavy atom. The van der Waals surface area contributed by atoms with Gasteiger partial charge in [0.05, 0.1) is 34.9 Å². The van der Waals surface area contributed by atoms with E-state index in [2.05, 4.69) is 21.7 Å². The first kappa shape index (κ1) is 20.5. The number of aryl methyl sites for hydroxylation is 1. The molecule has 0 unspecified atom stereocenters. The van der Waals surface area contributed by atoms with Crippen LogP contribution in [-0.4, -0.2) is 58.8 Å². The number of hydrogen-bond acceptors (Lipinski definition) is 9. The summed E-state index contributed by atoms with van der Waals surface area (Å²) < 4.78 is 35.6. The van der Waals surface area contributed by atoms with Crippen molar-refractivity contribution in [2.24, 2.45) is 0 Å². The Morgan fingerprint density at radius 3 is 2.76 bits per heavy atom. The number of morpholine rings is 1. The maximum Gasteiger partial charge on any atom is 0.243 e. The van der Waals surface area contributed by atoms with Crippen molar-refractivity contribution in [3.05, 3.63) is 24.0 Å². The van der Waals surface area contributed by atoms with Crippen LogP contribution in [0, 0.1) is 0 Å². The highest BCUT2D eigenvalue weighted by Crippen LogP contribution is 2.29. The molecule has 0 spiro atoms. The number of hydrogen-bond donors (Lipinski definition) is 1. The summed E-state index contributed by atoms with van der Waals surface area (Å²) in [6.45, 7) is 4.49. The number of nitrogens with two attached hydrogens (primary N) is 1. The van der Waals surface area contributed by atoms with Crippen LogP contribution in [0.2, 0.25) is 0 Å². The normalized spacial score (nSPS) is 15.9. The number of fused-ring (bicyclic) bond motifs is 1. The van der Waals surface area contributed by atoms with E-state index in [0.717, 1.165) is 28.6 Å². The van der Waals surface area contributed by atoms with E-state index in [1.54, 1.807) is 12.1 Å². The van der Waals surface area contributed by atoms with Gasteiger partial charge >= 0.3 is 0 Å². The van der Waals surface area contributed by atoms with Crippen LogP contribution < -0.4 is 5.73 Å². The minimum absolute atomic E-state index is 0.268. The SMILES string of the molecule is CCCn1c(CSc2nnc(N)s2)nc2cc(S(=O)(=O)N3CCOCC3)ccc21. The molecule has 0 radical (unpaired) electrons. The van der Waals surface area contributed by atoms with Gasteiger partial charge in [0.2, 0.25) is 15.2 Å². The number of imidazole rings is 1. The zero-order valence-corrected chi connectivity index (χ0v) is 18.4. The second-order valence-corrected chi connectivity index (χ2v) is 10.7. The Morgan fingerprint density at radius 1 is 1.28 bits per heavy atom. The van der Waals surface area contributed by atoms with E-state index in [1.807, 2.05) is 6.07 Å². The lowest BCUT2D eigenvalue weighted by atomic mass is 10.3. The maximum atomic E-state index is 13.0. The first-order valence-corrected chi connectivity index (χ1v) is 12.5. The molecule has 0 saturated carbocycles. The zero-order valence-electron chi connectivity index (χ0n) is 15.9. The van der Waals surface area contributed by atoms with Gasteiger partial charge in [-0.1, -0.05) is 30.0 Å². The van der Waals surface area contributed by atoms with Crippen molar-refractivity contribution in [1.29, 1.82) is 0 Å². The van der Waals surface area contributed by atoms with Crippen LogP contribution in [0.3, 0.4) is 0 Å². The monoisotopic (exact) mass is 454 g/mol. The highest BCUT2D eigenvalue weighted by Gasteiger charge is 2.27. The summed E-state index contributed by atoms with van der Waals surface area (Å²) in [5, 5.41) is 8.30. The fourth-order valence-corrected chi connectivity index (χ4v) is 6.26. The van der Waals surface area contributed by atoms with Crippen molar-refractivity contribution >= 4 is 49.3 Å². The van der Waals surface area contributed by atoms with Crippen LogP contribution in [0.5, 0.6) is 0 Å². The summed E-state index contributed by atoms with van der Waals surface area (Å²) in [7, 11) is -3.55. The second kappa shape index (κ2) is 8.56. The van der Waals surface area contributed by atoms with Gasteiger partial charge < -0.3 is 15.0 Å². The minimum Gasteiger partial charge on any atom is -0.379 e. The van der Waals surface area contributed by atoms with Crippen LogP contribution in [-0.2, 0) is 27.1 Å². The molecule has 3 heterocycles. The molecule has 156 valence electrons. The van der Waals surface area contributed by atoms with Crippen molar-refractivity contribution in [3.63, 3.8) is 0 Å². The van der Waals surface area contributed by atoms with Crippen LogP contribution in [0.1, 0.15) is 19.2 Å². The number of rotatable bonds is 7. The van der Waals surface area contributed by atoms with Gasteiger partial charge in [-0.25, -0.2) is 13.4 Å². The molecule has 0 aliphatic carbocycles. The predicted molar refractivity (Wildman–Crippen MR) is 113 cm³/mol. The lowest BCUT2D eigenvalue weighted by molar-refractivity contribution is 0.0730. The van der Waals surface area contributed by atoms with Crippen LogP contribution in [0.4, 0.5) is 5.13 Å². The Bertz CT molecular complexity index is 1110. The summed E-state index contributed by atoms with van der Waals surface area (Å²) in [6, 6.07) is 5.19. The fourth-order valence-electron chi connectivity index (χ4n) is 3.24. The Hall–Kier alpha value is -1.73. The molecule has 2 aromatic heterocycles. The van der Waals surface area contributed by atoms with E-state index in [-0.39, 0.29) is 4.90 Å². The zero-order chi connectivity index (χ0) is 20.4. The number of benzene rings is 1. The lowest BCUT2D eigenvalue weighted by Crippen LogP contribution is -2.40. The third-order valence-electron chi connectivity index (χ3n) is 4.60. The second-order valence-electron chi connectivity index (χ2n) is 6.54. The van der Waals surface area contributed by atoms with Gasteiger partial charge in [0, 0.05) is 19.6 Å². The number of nitrogen functional groups attached to an aromatic ring is 1. The van der Waals surface area contributed by atoms with Gasteiger partial charge in [-0.2, -0.15) is 4.31 Å². The summed E-state index contributed by atoms with van der Waals surface area (Å²) in [4.78, 5) is 5.00. The lowest BCUT2D eigenvalue weighted by Gasteiger charge is -2.26. The third-order valence-corrected chi connectivity index (χ3v) is 8.38. The molecule has 1 saturated heterocycles. The van der Waals surface area contributed by atoms with Crippen molar-refractivity contribution in [3.8, 4) is 0 Å². The molecule has 12 heteroatoms.